The minimum Gasteiger partial charge on any atom is -0.357 e. The minimum absolute atomic E-state index is 0. The molecule has 0 fully saturated rings. The maximum atomic E-state index is 4.84. The predicted octanol–water partition coefficient (Wildman–Crippen LogP) is 3.44. The summed E-state index contributed by atoms with van der Waals surface area (Å²) in [6, 6.07) is 9.02. The van der Waals surface area contributed by atoms with Crippen LogP contribution in [0.25, 0.3) is 0 Å². The monoisotopic (exact) mass is 496 g/mol. The molecule has 0 radical (unpaired) electrons. The highest BCUT2D eigenvalue weighted by atomic mass is 127. The van der Waals surface area contributed by atoms with E-state index < -0.39 is 0 Å². The van der Waals surface area contributed by atoms with Crippen LogP contribution in [-0.2, 0) is 19.4 Å². The van der Waals surface area contributed by atoms with Crippen LogP contribution in [0.15, 0.2) is 29.3 Å². The number of fused-ring (bicyclic) bond motifs is 1. The number of hydrogen-bond acceptors (Lipinski definition) is 3. The molecule has 0 bridgehead atoms. The molecule has 1 aliphatic rings. The first-order valence-corrected chi connectivity index (χ1v) is 10.1. The van der Waals surface area contributed by atoms with Gasteiger partial charge in [0.2, 0.25) is 0 Å². The van der Waals surface area contributed by atoms with E-state index >= 15 is 0 Å². The average molecular weight is 496 g/mol. The van der Waals surface area contributed by atoms with Crippen LogP contribution in [0.4, 0.5) is 0 Å². The van der Waals surface area contributed by atoms with Crippen LogP contribution >= 0.6 is 24.0 Å². The second kappa shape index (κ2) is 10.8. The van der Waals surface area contributed by atoms with Crippen molar-refractivity contribution in [3.63, 3.8) is 0 Å². The fourth-order valence-electron chi connectivity index (χ4n) is 3.45. The topological polar surface area (TPSA) is 67.1 Å². The maximum Gasteiger partial charge on any atom is 0.191 e. The van der Waals surface area contributed by atoms with Crippen LogP contribution < -0.4 is 10.6 Å². The molecule has 28 heavy (non-hydrogen) atoms. The van der Waals surface area contributed by atoms with Gasteiger partial charge in [-0.1, -0.05) is 43.7 Å². The zero-order valence-corrected chi connectivity index (χ0v) is 19.7. The van der Waals surface area contributed by atoms with Gasteiger partial charge < -0.3 is 10.6 Å². The normalized spacial score (nSPS) is 17.4. The van der Waals surface area contributed by atoms with Gasteiger partial charge in [0.15, 0.2) is 11.8 Å². The molecule has 6 nitrogen and oxygen atoms in total. The molecule has 1 aromatic carbocycles. The number of aryl methyl sites for hydroxylation is 3. The quantitative estimate of drug-likeness (QED) is 0.366. The summed E-state index contributed by atoms with van der Waals surface area (Å²) in [5.41, 5.74) is 2.64. The predicted molar refractivity (Wildman–Crippen MR) is 126 cm³/mol. The van der Waals surface area contributed by atoms with Crippen molar-refractivity contribution in [3.8, 4) is 0 Å². The van der Waals surface area contributed by atoms with Gasteiger partial charge in [-0.25, -0.2) is 9.67 Å². The fraction of sp³-hybridized carbons (Fsp3) is 0.571. The summed E-state index contributed by atoms with van der Waals surface area (Å²) < 4.78 is 2.05. The lowest BCUT2D eigenvalue weighted by atomic mass is 10.00. The highest BCUT2D eigenvalue weighted by Gasteiger charge is 2.22. The zero-order valence-electron chi connectivity index (χ0n) is 17.4. The van der Waals surface area contributed by atoms with Crippen molar-refractivity contribution >= 4 is 29.9 Å². The van der Waals surface area contributed by atoms with Gasteiger partial charge in [0.25, 0.3) is 0 Å². The van der Waals surface area contributed by atoms with Gasteiger partial charge in [0.05, 0.1) is 6.54 Å². The molecule has 3 rings (SSSR count). The van der Waals surface area contributed by atoms with Crippen molar-refractivity contribution in [2.45, 2.75) is 65.5 Å². The number of nitrogens with zero attached hydrogens (tertiary/aromatic N) is 4. The molecule has 0 saturated heterocycles. The first kappa shape index (κ1) is 22.6. The summed E-state index contributed by atoms with van der Waals surface area (Å²) in [6.07, 6.45) is 2.91. The number of guanidine groups is 1. The molecule has 2 heterocycles. The van der Waals surface area contributed by atoms with Crippen LogP contribution in [0.5, 0.6) is 0 Å². The zero-order chi connectivity index (χ0) is 19.2. The summed E-state index contributed by atoms with van der Waals surface area (Å²) in [5.74, 6) is 3.33. The Bertz CT molecular complexity index is 785. The van der Waals surface area contributed by atoms with E-state index in [1.54, 1.807) is 0 Å². The maximum absolute atomic E-state index is 4.84. The number of rotatable bonds is 6. The van der Waals surface area contributed by atoms with E-state index in [-0.39, 0.29) is 24.0 Å². The number of benzene rings is 1. The summed E-state index contributed by atoms with van der Waals surface area (Å²) in [5, 5.41) is 11.6. The molecule has 2 atom stereocenters. The van der Waals surface area contributed by atoms with Crippen LogP contribution in [0.2, 0.25) is 0 Å². The van der Waals surface area contributed by atoms with Gasteiger partial charge >= 0.3 is 0 Å². The Balaban J connectivity index is 0.00000280. The highest BCUT2D eigenvalue weighted by molar-refractivity contribution is 14.0. The van der Waals surface area contributed by atoms with Crippen LogP contribution in [-0.4, -0.2) is 39.9 Å². The Morgan fingerprint density at radius 2 is 2.18 bits per heavy atom. The molecule has 2 N–H and O–H groups in total. The van der Waals surface area contributed by atoms with E-state index in [0.29, 0.717) is 12.0 Å². The van der Waals surface area contributed by atoms with Crippen molar-refractivity contribution in [3.05, 3.63) is 47.0 Å². The van der Waals surface area contributed by atoms with E-state index in [0.717, 1.165) is 56.5 Å². The molecular weight excluding hydrogens is 463 g/mol. The number of nitrogens with one attached hydrogen (secondary N) is 2. The van der Waals surface area contributed by atoms with Gasteiger partial charge in [0.1, 0.15) is 5.82 Å². The van der Waals surface area contributed by atoms with Crippen LogP contribution in [0.1, 0.15) is 55.9 Å². The second-order valence-corrected chi connectivity index (χ2v) is 7.39. The standard InChI is InChI=1S/C21H32N6.HI/c1-5-19-25-20-11-10-18(14-27(20)26-19)24-21(22-6-2)23-13-16(4)17-9-7-8-15(3)12-17;/h7-9,12,16,18H,5-6,10-11,13-14H2,1-4H3,(H2,22,23,24);1H. The molecule has 154 valence electrons. The smallest absolute Gasteiger partial charge is 0.191 e. The van der Waals surface area contributed by atoms with Crippen molar-refractivity contribution in [1.29, 1.82) is 0 Å². The Morgan fingerprint density at radius 3 is 2.89 bits per heavy atom. The fourth-order valence-corrected chi connectivity index (χ4v) is 3.45. The van der Waals surface area contributed by atoms with Crippen molar-refractivity contribution in [2.24, 2.45) is 4.99 Å². The Kier molecular flexibility index (Phi) is 8.72. The first-order chi connectivity index (χ1) is 13.1. The summed E-state index contributed by atoms with van der Waals surface area (Å²) in [7, 11) is 0. The summed E-state index contributed by atoms with van der Waals surface area (Å²) in [4.78, 5) is 9.44. The van der Waals surface area contributed by atoms with Crippen molar-refractivity contribution in [2.75, 3.05) is 13.1 Å². The van der Waals surface area contributed by atoms with Gasteiger partial charge in [-0.3, -0.25) is 4.99 Å². The lowest BCUT2D eigenvalue weighted by Gasteiger charge is -2.25. The largest absolute Gasteiger partial charge is 0.357 e. The van der Waals surface area contributed by atoms with E-state index in [1.165, 1.54) is 11.1 Å². The molecule has 2 aromatic rings. The average Bonchev–Trinajstić information content (AvgIpc) is 3.08. The van der Waals surface area contributed by atoms with Gasteiger partial charge in [-0.05, 0) is 25.8 Å². The molecule has 2 unspecified atom stereocenters. The molecule has 0 spiro atoms. The first-order valence-electron chi connectivity index (χ1n) is 10.1. The van der Waals surface area contributed by atoms with Crippen LogP contribution in [0.3, 0.4) is 0 Å². The van der Waals surface area contributed by atoms with Gasteiger partial charge in [-0.2, -0.15) is 5.10 Å². The van der Waals surface area contributed by atoms with Crippen LogP contribution in [0, 0.1) is 6.92 Å². The van der Waals surface area contributed by atoms with Gasteiger partial charge in [-0.15, -0.1) is 24.0 Å². The Labute approximate surface area is 185 Å². The number of aliphatic imine (C=N–C) groups is 1. The number of hydrogen-bond donors (Lipinski definition) is 2. The van der Waals surface area contributed by atoms with Crippen molar-refractivity contribution in [1.82, 2.24) is 25.4 Å². The Morgan fingerprint density at radius 1 is 1.36 bits per heavy atom. The van der Waals surface area contributed by atoms with Crippen molar-refractivity contribution < 1.29 is 0 Å². The third kappa shape index (κ3) is 5.93. The molecule has 0 amide bonds. The summed E-state index contributed by atoms with van der Waals surface area (Å²) in [6.45, 7) is 11.0. The molecule has 0 aliphatic carbocycles. The Hall–Kier alpha value is -1.64. The SMILES string of the molecule is CCNC(=NCC(C)c1cccc(C)c1)NC1CCc2nc(CC)nn2C1.I. The third-order valence-corrected chi connectivity index (χ3v) is 5.04. The third-order valence-electron chi connectivity index (χ3n) is 5.04. The molecule has 1 aliphatic heterocycles. The van der Waals surface area contributed by atoms with E-state index in [4.69, 9.17) is 4.99 Å². The lowest BCUT2D eigenvalue weighted by Crippen LogP contribution is -2.47. The number of halogens is 1. The second-order valence-electron chi connectivity index (χ2n) is 7.39. The number of aromatic nitrogens is 3. The summed E-state index contributed by atoms with van der Waals surface area (Å²) >= 11 is 0. The minimum atomic E-state index is 0. The lowest BCUT2D eigenvalue weighted by molar-refractivity contribution is 0.392. The van der Waals surface area contributed by atoms with E-state index in [2.05, 4.69) is 77.4 Å². The molecule has 0 saturated carbocycles. The van der Waals surface area contributed by atoms with E-state index in [9.17, 15) is 0 Å². The highest BCUT2D eigenvalue weighted by Crippen LogP contribution is 2.17. The molecular formula is C21H33IN6. The molecule has 7 heteroatoms. The molecule has 1 aromatic heterocycles. The van der Waals surface area contributed by atoms with E-state index in [1.807, 2.05) is 0 Å². The van der Waals surface area contributed by atoms with Gasteiger partial charge in [0, 0.05) is 37.9 Å².